The molecule has 0 saturated carbocycles. The van der Waals surface area contributed by atoms with Gasteiger partial charge in [-0.15, -0.1) is 11.3 Å². The highest BCUT2D eigenvalue weighted by molar-refractivity contribution is 7.07. The number of alkyl halides is 3. The molecule has 0 aliphatic heterocycles. The zero-order valence-electron chi connectivity index (χ0n) is 10.2. The number of nitrogens with zero attached hydrogens (tertiary/aromatic N) is 1. The quantitative estimate of drug-likeness (QED) is 0.923. The van der Waals surface area contributed by atoms with E-state index in [0.717, 1.165) is 23.4 Å². The van der Waals surface area contributed by atoms with Crippen LogP contribution in [0.4, 0.5) is 13.2 Å². The molecule has 1 N–H and O–H groups in total. The van der Waals surface area contributed by atoms with Gasteiger partial charge < -0.3 is 5.32 Å². The third-order valence-corrected chi connectivity index (χ3v) is 3.33. The van der Waals surface area contributed by atoms with Crippen LogP contribution in [0.1, 0.15) is 29.8 Å². The Balaban J connectivity index is 2.28. The first-order chi connectivity index (χ1) is 9.02. The Hall–Kier alpha value is -1.40. The fourth-order valence-electron chi connectivity index (χ4n) is 1.83. The molecular formula is C13H13F3N2S. The molecule has 6 heteroatoms. The van der Waals surface area contributed by atoms with Gasteiger partial charge in [-0.1, -0.05) is 19.1 Å². The van der Waals surface area contributed by atoms with Crippen molar-refractivity contribution < 1.29 is 13.2 Å². The fraction of sp³-hybridized carbons (Fsp3) is 0.308. The highest BCUT2D eigenvalue weighted by Gasteiger charge is 2.30. The van der Waals surface area contributed by atoms with Crippen LogP contribution < -0.4 is 5.32 Å². The Bertz CT molecular complexity index is 506. The van der Waals surface area contributed by atoms with E-state index in [1.807, 2.05) is 12.3 Å². The summed E-state index contributed by atoms with van der Waals surface area (Å²) < 4.78 is 37.5. The molecule has 1 unspecified atom stereocenters. The second-order valence-corrected chi connectivity index (χ2v) is 4.74. The van der Waals surface area contributed by atoms with Crippen molar-refractivity contribution in [3.8, 4) is 0 Å². The molecule has 1 heterocycles. The SMILES string of the molecule is CCNC(c1ccc(C(F)(F)F)cc1)c1cscn1. The van der Waals surface area contributed by atoms with Crippen molar-refractivity contribution in [1.82, 2.24) is 10.3 Å². The largest absolute Gasteiger partial charge is 0.416 e. The lowest BCUT2D eigenvalue weighted by Crippen LogP contribution is -2.22. The highest BCUT2D eigenvalue weighted by atomic mass is 32.1. The van der Waals surface area contributed by atoms with Crippen molar-refractivity contribution in [2.45, 2.75) is 19.1 Å². The summed E-state index contributed by atoms with van der Waals surface area (Å²) in [7, 11) is 0. The van der Waals surface area contributed by atoms with E-state index >= 15 is 0 Å². The van der Waals surface area contributed by atoms with E-state index in [0.29, 0.717) is 6.54 Å². The van der Waals surface area contributed by atoms with Crippen molar-refractivity contribution in [2.75, 3.05) is 6.54 Å². The second kappa shape index (κ2) is 5.71. The van der Waals surface area contributed by atoms with Gasteiger partial charge in [0.15, 0.2) is 0 Å². The standard InChI is InChI=1S/C13H13F3N2S/c1-2-17-12(11-7-19-8-18-11)9-3-5-10(6-4-9)13(14,15)16/h3-8,12,17H,2H2,1H3. The highest BCUT2D eigenvalue weighted by Crippen LogP contribution is 2.30. The summed E-state index contributed by atoms with van der Waals surface area (Å²) >= 11 is 1.46. The fourth-order valence-corrected chi connectivity index (χ4v) is 2.41. The topological polar surface area (TPSA) is 24.9 Å². The van der Waals surface area contributed by atoms with Crippen LogP contribution in [0.15, 0.2) is 35.2 Å². The number of halogens is 3. The molecule has 102 valence electrons. The van der Waals surface area contributed by atoms with E-state index in [1.54, 1.807) is 5.51 Å². The minimum atomic E-state index is -4.30. The van der Waals surface area contributed by atoms with Crippen molar-refractivity contribution in [3.63, 3.8) is 0 Å². The molecular weight excluding hydrogens is 273 g/mol. The smallest absolute Gasteiger partial charge is 0.305 e. The first kappa shape index (κ1) is 14.0. The summed E-state index contributed by atoms with van der Waals surface area (Å²) in [6.07, 6.45) is -4.30. The van der Waals surface area contributed by atoms with Crippen LogP contribution >= 0.6 is 11.3 Å². The van der Waals surface area contributed by atoms with Gasteiger partial charge in [-0.2, -0.15) is 13.2 Å². The van der Waals surface area contributed by atoms with Gasteiger partial charge in [0.25, 0.3) is 0 Å². The predicted octanol–water partition coefficient (Wildman–Crippen LogP) is 3.86. The summed E-state index contributed by atoms with van der Waals surface area (Å²) in [5, 5.41) is 5.12. The number of hydrogen-bond donors (Lipinski definition) is 1. The van der Waals surface area contributed by atoms with Crippen LogP contribution in [-0.4, -0.2) is 11.5 Å². The van der Waals surface area contributed by atoms with Gasteiger partial charge in [0.1, 0.15) is 0 Å². The Morgan fingerprint density at radius 3 is 2.42 bits per heavy atom. The zero-order chi connectivity index (χ0) is 13.9. The average molecular weight is 286 g/mol. The molecule has 0 radical (unpaired) electrons. The van der Waals surface area contributed by atoms with Crippen molar-refractivity contribution >= 4 is 11.3 Å². The van der Waals surface area contributed by atoms with Gasteiger partial charge in [-0.05, 0) is 24.2 Å². The van der Waals surface area contributed by atoms with Crippen LogP contribution in [0.2, 0.25) is 0 Å². The zero-order valence-corrected chi connectivity index (χ0v) is 11.1. The maximum Gasteiger partial charge on any atom is 0.416 e. The molecule has 19 heavy (non-hydrogen) atoms. The number of benzene rings is 1. The Morgan fingerprint density at radius 2 is 1.95 bits per heavy atom. The van der Waals surface area contributed by atoms with Crippen LogP contribution in [0.25, 0.3) is 0 Å². The van der Waals surface area contributed by atoms with Crippen LogP contribution in [0, 0.1) is 0 Å². The first-order valence-electron chi connectivity index (χ1n) is 5.81. The van der Waals surface area contributed by atoms with Crippen molar-refractivity contribution in [2.24, 2.45) is 0 Å². The minimum absolute atomic E-state index is 0.168. The molecule has 2 nitrogen and oxygen atoms in total. The maximum atomic E-state index is 12.5. The van der Waals surface area contributed by atoms with E-state index in [1.165, 1.54) is 23.5 Å². The third kappa shape index (κ3) is 3.33. The summed E-state index contributed by atoms with van der Waals surface area (Å²) in [6, 6.07) is 5.03. The van der Waals surface area contributed by atoms with E-state index in [4.69, 9.17) is 0 Å². The molecule has 0 aliphatic rings. The summed E-state index contributed by atoms with van der Waals surface area (Å²) in [4.78, 5) is 4.22. The molecule has 0 fully saturated rings. The lowest BCUT2D eigenvalue weighted by Gasteiger charge is -2.17. The van der Waals surface area contributed by atoms with Gasteiger partial charge in [0.2, 0.25) is 0 Å². The molecule has 0 aliphatic carbocycles. The number of nitrogens with one attached hydrogen (secondary N) is 1. The second-order valence-electron chi connectivity index (χ2n) is 4.02. The molecule has 2 aromatic rings. The van der Waals surface area contributed by atoms with Crippen LogP contribution in [0.3, 0.4) is 0 Å². The average Bonchev–Trinajstić information content (AvgIpc) is 2.89. The predicted molar refractivity (Wildman–Crippen MR) is 69.1 cm³/mol. The first-order valence-corrected chi connectivity index (χ1v) is 6.75. The van der Waals surface area contributed by atoms with Gasteiger partial charge in [-0.25, -0.2) is 4.98 Å². The van der Waals surface area contributed by atoms with Crippen molar-refractivity contribution in [3.05, 3.63) is 52.0 Å². The van der Waals surface area contributed by atoms with E-state index in [-0.39, 0.29) is 6.04 Å². The molecule has 1 aromatic heterocycles. The van der Waals surface area contributed by atoms with Crippen LogP contribution in [-0.2, 0) is 6.18 Å². The van der Waals surface area contributed by atoms with Gasteiger partial charge in [-0.3, -0.25) is 0 Å². The number of rotatable bonds is 4. The van der Waals surface area contributed by atoms with Gasteiger partial charge in [0, 0.05) is 5.38 Å². The Kier molecular flexibility index (Phi) is 4.21. The Labute approximate surface area is 113 Å². The van der Waals surface area contributed by atoms with Gasteiger partial charge in [0.05, 0.1) is 22.8 Å². The maximum absolute atomic E-state index is 12.5. The minimum Gasteiger partial charge on any atom is -0.305 e. The lowest BCUT2D eigenvalue weighted by atomic mass is 10.0. The molecule has 0 saturated heterocycles. The molecule has 0 bridgehead atoms. The van der Waals surface area contributed by atoms with E-state index < -0.39 is 11.7 Å². The monoisotopic (exact) mass is 286 g/mol. The summed E-state index contributed by atoms with van der Waals surface area (Å²) in [5.74, 6) is 0. The number of hydrogen-bond acceptors (Lipinski definition) is 3. The lowest BCUT2D eigenvalue weighted by molar-refractivity contribution is -0.137. The van der Waals surface area contributed by atoms with Crippen molar-refractivity contribution in [1.29, 1.82) is 0 Å². The van der Waals surface area contributed by atoms with E-state index in [2.05, 4.69) is 10.3 Å². The third-order valence-electron chi connectivity index (χ3n) is 2.73. The molecule has 0 spiro atoms. The normalized spacial score (nSPS) is 13.5. The molecule has 2 rings (SSSR count). The van der Waals surface area contributed by atoms with E-state index in [9.17, 15) is 13.2 Å². The van der Waals surface area contributed by atoms with Crippen LogP contribution in [0.5, 0.6) is 0 Å². The number of aromatic nitrogens is 1. The molecule has 0 amide bonds. The summed E-state index contributed by atoms with van der Waals surface area (Å²) in [5.41, 5.74) is 2.68. The number of thiazole rings is 1. The van der Waals surface area contributed by atoms with Gasteiger partial charge >= 0.3 is 6.18 Å². The summed E-state index contributed by atoms with van der Waals surface area (Å²) in [6.45, 7) is 2.66. The molecule has 1 aromatic carbocycles. The Morgan fingerprint density at radius 1 is 1.26 bits per heavy atom. The molecule has 1 atom stereocenters.